The zero-order chi connectivity index (χ0) is 21.1. The van der Waals surface area contributed by atoms with E-state index in [1.54, 1.807) is 30.3 Å². The van der Waals surface area contributed by atoms with Gasteiger partial charge in [-0.1, -0.05) is 22.0 Å². The SMILES string of the molecule is O=C(Nc1ccc(Br)cc1-c1nnn[nH]1)c1cccc(S(=O)(=O)N2CCOCC2)c1. The van der Waals surface area contributed by atoms with Crippen LogP contribution in [0.5, 0.6) is 0 Å². The second-order valence-corrected chi connectivity index (χ2v) is 9.29. The molecule has 0 radical (unpaired) electrons. The van der Waals surface area contributed by atoms with E-state index in [1.165, 1.54) is 16.4 Å². The summed E-state index contributed by atoms with van der Waals surface area (Å²) in [4.78, 5) is 12.9. The summed E-state index contributed by atoms with van der Waals surface area (Å²) >= 11 is 3.39. The normalized spacial score (nSPS) is 15.1. The van der Waals surface area contributed by atoms with Gasteiger partial charge in [0.2, 0.25) is 10.0 Å². The first-order chi connectivity index (χ1) is 14.4. The summed E-state index contributed by atoms with van der Waals surface area (Å²) in [7, 11) is -3.70. The predicted molar refractivity (Wildman–Crippen MR) is 111 cm³/mol. The average molecular weight is 493 g/mol. The summed E-state index contributed by atoms with van der Waals surface area (Å²) in [5.74, 6) is -0.0691. The zero-order valence-electron chi connectivity index (χ0n) is 15.6. The molecule has 2 heterocycles. The molecule has 156 valence electrons. The number of morpholine rings is 1. The molecular weight excluding hydrogens is 476 g/mol. The van der Waals surface area contributed by atoms with Crippen LogP contribution in [0.3, 0.4) is 0 Å². The lowest BCUT2D eigenvalue weighted by atomic mass is 10.1. The molecule has 1 amide bonds. The maximum absolute atomic E-state index is 12.9. The van der Waals surface area contributed by atoms with Crippen molar-refractivity contribution in [2.24, 2.45) is 0 Å². The highest BCUT2D eigenvalue weighted by Gasteiger charge is 2.27. The van der Waals surface area contributed by atoms with Crippen molar-refractivity contribution in [2.45, 2.75) is 4.90 Å². The minimum Gasteiger partial charge on any atom is -0.379 e. The predicted octanol–water partition coefficient (Wildman–Crippen LogP) is 1.90. The van der Waals surface area contributed by atoms with Crippen LogP contribution in [0.15, 0.2) is 51.8 Å². The molecule has 1 fully saturated rings. The summed E-state index contributed by atoms with van der Waals surface area (Å²) in [5.41, 5.74) is 1.27. The van der Waals surface area contributed by atoms with Gasteiger partial charge in [-0.05, 0) is 46.8 Å². The van der Waals surface area contributed by atoms with Gasteiger partial charge in [-0.3, -0.25) is 4.79 Å². The second-order valence-electron chi connectivity index (χ2n) is 6.44. The number of anilines is 1. The molecule has 0 unspecified atom stereocenters. The highest BCUT2D eigenvalue weighted by molar-refractivity contribution is 9.10. The first kappa shape index (κ1) is 20.6. The Morgan fingerprint density at radius 2 is 1.97 bits per heavy atom. The summed E-state index contributed by atoms with van der Waals surface area (Å²) < 4.78 is 33.1. The van der Waals surface area contributed by atoms with Gasteiger partial charge in [-0.25, -0.2) is 13.5 Å². The van der Waals surface area contributed by atoms with Crippen molar-refractivity contribution in [1.82, 2.24) is 24.9 Å². The topological polar surface area (TPSA) is 130 Å². The fourth-order valence-corrected chi connectivity index (χ4v) is 4.84. The van der Waals surface area contributed by atoms with E-state index < -0.39 is 15.9 Å². The highest BCUT2D eigenvalue weighted by atomic mass is 79.9. The Kier molecular flexibility index (Phi) is 5.90. The van der Waals surface area contributed by atoms with Crippen LogP contribution in [0, 0.1) is 0 Å². The number of ether oxygens (including phenoxy) is 1. The van der Waals surface area contributed by atoms with Crippen LogP contribution in [0.25, 0.3) is 11.4 Å². The minimum absolute atomic E-state index is 0.0625. The third-order valence-corrected chi connectivity index (χ3v) is 6.92. The van der Waals surface area contributed by atoms with E-state index in [-0.39, 0.29) is 23.5 Å². The number of halogens is 1. The van der Waals surface area contributed by atoms with E-state index in [0.29, 0.717) is 30.3 Å². The van der Waals surface area contributed by atoms with Crippen LogP contribution in [0.4, 0.5) is 5.69 Å². The molecule has 0 spiro atoms. The number of carbonyl (C=O) groups excluding carboxylic acids is 1. The van der Waals surface area contributed by atoms with Crippen molar-refractivity contribution in [3.8, 4) is 11.4 Å². The van der Waals surface area contributed by atoms with Gasteiger partial charge in [-0.15, -0.1) is 5.10 Å². The van der Waals surface area contributed by atoms with Gasteiger partial charge in [0.15, 0.2) is 5.82 Å². The van der Waals surface area contributed by atoms with Gasteiger partial charge in [0.05, 0.1) is 23.8 Å². The largest absolute Gasteiger partial charge is 0.379 e. The van der Waals surface area contributed by atoms with Crippen molar-refractivity contribution >= 4 is 37.5 Å². The van der Waals surface area contributed by atoms with Crippen LogP contribution < -0.4 is 5.32 Å². The molecule has 1 aliphatic heterocycles. The number of sulfonamides is 1. The lowest BCUT2D eigenvalue weighted by Gasteiger charge is -2.26. The van der Waals surface area contributed by atoms with E-state index in [2.05, 4.69) is 41.9 Å². The number of hydrogen-bond acceptors (Lipinski definition) is 7. The summed E-state index contributed by atoms with van der Waals surface area (Å²) in [5, 5.41) is 16.5. The molecule has 30 heavy (non-hydrogen) atoms. The molecule has 2 aromatic carbocycles. The minimum atomic E-state index is -3.70. The number of nitrogens with one attached hydrogen (secondary N) is 2. The van der Waals surface area contributed by atoms with E-state index in [4.69, 9.17) is 4.74 Å². The smallest absolute Gasteiger partial charge is 0.255 e. The van der Waals surface area contributed by atoms with Gasteiger partial charge >= 0.3 is 0 Å². The van der Waals surface area contributed by atoms with Gasteiger partial charge in [-0.2, -0.15) is 4.31 Å². The van der Waals surface area contributed by atoms with Crippen molar-refractivity contribution < 1.29 is 17.9 Å². The maximum Gasteiger partial charge on any atom is 0.255 e. The van der Waals surface area contributed by atoms with Gasteiger partial charge in [0.1, 0.15) is 0 Å². The third-order valence-electron chi connectivity index (χ3n) is 4.53. The fourth-order valence-electron chi connectivity index (χ4n) is 3.02. The number of amides is 1. The number of H-pyrrole nitrogens is 1. The standard InChI is InChI=1S/C18H17BrN6O4S/c19-13-4-5-16(15(11-13)17-21-23-24-22-17)20-18(26)12-2-1-3-14(10-12)30(27,28)25-6-8-29-9-7-25/h1-5,10-11H,6-9H2,(H,20,26)(H,21,22,23,24). The van der Waals surface area contributed by atoms with E-state index in [9.17, 15) is 13.2 Å². The molecule has 3 aromatic rings. The van der Waals surface area contributed by atoms with Crippen molar-refractivity contribution in [3.63, 3.8) is 0 Å². The molecule has 2 N–H and O–H groups in total. The Balaban J connectivity index is 1.61. The Morgan fingerprint density at radius 1 is 1.17 bits per heavy atom. The molecule has 1 aliphatic rings. The van der Waals surface area contributed by atoms with E-state index in [0.717, 1.165) is 4.47 Å². The Hall–Kier alpha value is -2.67. The molecule has 4 rings (SSSR count). The third kappa shape index (κ3) is 4.26. The monoisotopic (exact) mass is 492 g/mol. The number of nitrogens with zero attached hydrogens (tertiary/aromatic N) is 4. The molecule has 0 bridgehead atoms. The Morgan fingerprint density at radius 3 is 2.70 bits per heavy atom. The molecular formula is C18H17BrN6O4S. The van der Waals surface area contributed by atoms with E-state index in [1.807, 2.05) is 0 Å². The van der Waals surface area contributed by atoms with Crippen LogP contribution in [0.2, 0.25) is 0 Å². The van der Waals surface area contributed by atoms with Crippen molar-refractivity contribution in [3.05, 3.63) is 52.5 Å². The Labute approximate surface area is 180 Å². The van der Waals surface area contributed by atoms with Crippen LogP contribution in [-0.4, -0.2) is 65.6 Å². The fraction of sp³-hybridized carbons (Fsp3) is 0.222. The molecule has 0 atom stereocenters. The number of tetrazole rings is 1. The Bertz CT molecular complexity index is 1160. The lowest BCUT2D eigenvalue weighted by molar-refractivity contribution is 0.0730. The van der Waals surface area contributed by atoms with Crippen LogP contribution in [-0.2, 0) is 14.8 Å². The number of benzene rings is 2. The quantitative estimate of drug-likeness (QED) is 0.555. The van der Waals surface area contributed by atoms with Crippen molar-refractivity contribution in [2.75, 3.05) is 31.6 Å². The summed E-state index contributed by atoms with van der Waals surface area (Å²) in [6, 6.07) is 11.2. The molecule has 1 saturated heterocycles. The molecule has 10 nitrogen and oxygen atoms in total. The number of hydrogen-bond donors (Lipinski definition) is 2. The highest BCUT2D eigenvalue weighted by Crippen LogP contribution is 2.29. The zero-order valence-corrected chi connectivity index (χ0v) is 18.0. The number of aromatic amines is 1. The van der Waals surface area contributed by atoms with Gasteiger partial charge in [0.25, 0.3) is 5.91 Å². The maximum atomic E-state index is 12.9. The number of rotatable bonds is 5. The molecule has 12 heteroatoms. The second kappa shape index (κ2) is 8.60. The summed E-state index contributed by atoms with van der Waals surface area (Å²) in [6.45, 7) is 1.27. The molecule has 0 saturated carbocycles. The first-order valence-electron chi connectivity index (χ1n) is 8.98. The molecule has 1 aromatic heterocycles. The van der Waals surface area contributed by atoms with Crippen LogP contribution >= 0.6 is 15.9 Å². The van der Waals surface area contributed by atoms with Gasteiger partial charge < -0.3 is 10.1 Å². The number of carbonyl (C=O) groups is 1. The van der Waals surface area contributed by atoms with Crippen molar-refractivity contribution in [1.29, 1.82) is 0 Å². The molecule has 0 aliphatic carbocycles. The van der Waals surface area contributed by atoms with Crippen LogP contribution in [0.1, 0.15) is 10.4 Å². The number of aromatic nitrogens is 4. The summed E-state index contributed by atoms with van der Waals surface area (Å²) in [6.07, 6.45) is 0. The van der Waals surface area contributed by atoms with Gasteiger partial charge in [0, 0.05) is 28.7 Å². The first-order valence-corrected chi connectivity index (χ1v) is 11.2. The lowest BCUT2D eigenvalue weighted by Crippen LogP contribution is -2.40. The average Bonchev–Trinajstić information content (AvgIpc) is 3.30. The van der Waals surface area contributed by atoms with E-state index >= 15 is 0 Å².